The Labute approximate surface area is 128 Å². The summed E-state index contributed by atoms with van der Waals surface area (Å²) >= 11 is 0. The highest BCUT2D eigenvalue weighted by Gasteiger charge is 2.32. The Morgan fingerprint density at radius 2 is 1.64 bits per heavy atom. The molecule has 1 fully saturated rings. The van der Waals surface area contributed by atoms with E-state index >= 15 is 0 Å². The first-order valence-electron chi connectivity index (χ1n) is 6.70. The lowest BCUT2D eigenvalue weighted by Gasteiger charge is -2.12. The maximum atomic E-state index is 12.1. The average Bonchev–Trinajstić information content (AvgIpc) is 2.80. The van der Waals surface area contributed by atoms with Gasteiger partial charge in [-0.15, -0.1) is 0 Å². The molecule has 1 heterocycles. The van der Waals surface area contributed by atoms with E-state index in [0.29, 0.717) is 29.4 Å². The topological polar surface area (TPSA) is 77.1 Å². The molecule has 0 radical (unpaired) electrons. The van der Waals surface area contributed by atoms with Crippen molar-refractivity contribution in [1.82, 2.24) is 10.2 Å². The fourth-order valence-electron chi connectivity index (χ4n) is 2.18. The van der Waals surface area contributed by atoms with Crippen LogP contribution in [-0.4, -0.2) is 44.7 Å². The Kier molecular flexibility index (Phi) is 4.55. The Hall–Kier alpha value is -2.70. The summed E-state index contributed by atoms with van der Waals surface area (Å²) in [5.74, 6) is 1.14. The fraction of sp³-hybridized carbons (Fsp3) is 0.333. The molecular formula is C15H18N2O5. The van der Waals surface area contributed by atoms with Gasteiger partial charge in [0.15, 0.2) is 11.5 Å². The van der Waals surface area contributed by atoms with E-state index in [0.717, 1.165) is 4.90 Å². The number of hydrogen-bond donors (Lipinski definition) is 1. The van der Waals surface area contributed by atoms with Gasteiger partial charge >= 0.3 is 6.03 Å². The first-order chi connectivity index (χ1) is 10.5. The van der Waals surface area contributed by atoms with Crippen LogP contribution in [0.25, 0.3) is 6.08 Å². The van der Waals surface area contributed by atoms with E-state index in [1.165, 1.54) is 21.3 Å². The number of carbonyl (C=O) groups excluding carboxylic acids is 2. The highest BCUT2D eigenvalue weighted by Crippen LogP contribution is 2.35. The molecule has 0 saturated carbocycles. The van der Waals surface area contributed by atoms with Crippen molar-refractivity contribution in [2.45, 2.75) is 6.92 Å². The minimum absolute atomic E-state index is 0.192. The quantitative estimate of drug-likeness (QED) is 0.661. The van der Waals surface area contributed by atoms with E-state index in [1.54, 1.807) is 25.1 Å². The molecule has 0 aliphatic carbocycles. The van der Waals surface area contributed by atoms with Crippen LogP contribution in [0.5, 0.6) is 17.2 Å². The number of rotatable bonds is 5. The summed E-state index contributed by atoms with van der Waals surface area (Å²) in [6, 6.07) is 2.90. The molecular weight excluding hydrogens is 288 g/mol. The summed E-state index contributed by atoms with van der Waals surface area (Å²) < 4.78 is 15.7. The number of carbonyl (C=O) groups is 2. The molecule has 0 spiro atoms. The number of benzene rings is 1. The second kappa shape index (κ2) is 6.38. The summed E-state index contributed by atoms with van der Waals surface area (Å²) in [6.45, 7) is 2.04. The number of nitrogens with one attached hydrogen (secondary N) is 1. The highest BCUT2D eigenvalue weighted by molar-refractivity contribution is 6.14. The maximum absolute atomic E-state index is 12.1. The van der Waals surface area contributed by atoms with Gasteiger partial charge < -0.3 is 19.5 Å². The van der Waals surface area contributed by atoms with Crippen LogP contribution in [0.1, 0.15) is 12.5 Å². The molecule has 1 aliphatic rings. The molecule has 22 heavy (non-hydrogen) atoms. The summed E-state index contributed by atoms with van der Waals surface area (Å²) in [5, 5.41) is 2.54. The smallest absolute Gasteiger partial charge is 0.328 e. The molecule has 0 aromatic heterocycles. The van der Waals surface area contributed by atoms with E-state index in [1.807, 2.05) is 0 Å². The van der Waals surface area contributed by atoms with Crippen LogP contribution < -0.4 is 19.5 Å². The van der Waals surface area contributed by atoms with Crippen LogP contribution in [0, 0.1) is 0 Å². The van der Waals surface area contributed by atoms with E-state index in [2.05, 4.69) is 5.32 Å². The van der Waals surface area contributed by atoms with Crippen LogP contribution in [0.15, 0.2) is 17.8 Å². The maximum Gasteiger partial charge on any atom is 0.328 e. The van der Waals surface area contributed by atoms with Crippen LogP contribution in [0.3, 0.4) is 0 Å². The summed E-state index contributed by atoms with van der Waals surface area (Å²) in [7, 11) is 4.55. The van der Waals surface area contributed by atoms with Gasteiger partial charge in [0.05, 0.1) is 21.3 Å². The average molecular weight is 306 g/mol. The number of hydrogen-bond acceptors (Lipinski definition) is 5. The summed E-state index contributed by atoms with van der Waals surface area (Å²) in [4.78, 5) is 24.9. The fourth-order valence-corrected chi connectivity index (χ4v) is 2.18. The van der Waals surface area contributed by atoms with Gasteiger partial charge in [0, 0.05) is 18.2 Å². The Balaban J connectivity index is 2.47. The SMILES string of the molecule is CCN1C(=O)NC(=Cc2cc(OC)c(OC)cc2OC)C1=O. The van der Waals surface area contributed by atoms with E-state index in [-0.39, 0.29) is 11.6 Å². The van der Waals surface area contributed by atoms with Crippen molar-refractivity contribution in [3.05, 3.63) is 23.4 Å². The number of ether oxygens (including phenoxy) is 3. The predicted molar refractivity (Wildman–Crippen MR) is 80.0 cm³/mol. The minimum Gasteiger partial charge on any atom is -0.496 e. The molecule has 0 bridgehead atoms. The van der Waals surface area contributed by atoms with Crippen LogP contribution in [0.2, 0.25) is 0 Å². The molecule has 7 nitrogen and oxygen atoms in total. The predicted octanol–water partition coefficient (Wildman–Crippen LogP) is 1.62. The monoisotopic (exact) mass is 306 g/mol. The molecule has 0 unspecified atom stereocenters. The molecule has 7 heteroatoms. The van der Waals surface area contributed by atoms with E-state index in [4.69, 9.17) is 14.2 Å². The van der Waals surface area contributed by atoms with Crippen molar-refractivity contribution in [3.63, 3.8) is 0 Å². The number of amides is 3. The zero-order valence-corrected chi connectivity index (χ0v) is 12.9. The molecule has 2 rings (SSSR count). The normalized spacial score (nSPS) is 16.0. The zero-order chi connectivity index (χ0) is 16.3. The third kappa shape index (κ3) is 2.69. The number of likely N-dealkylation sites (N-methyl/N-ethyl adjacent to an activating group) is 1. The number of nitrogens with zero attached hydrogens (tertiary/aromatic N) is 1. The zero-order valence-electron chi connectivity index (χ0n) is 12.9. The van der Waals surface area contributed by atoms with E-state index < -0.39 is 6.03 Å². The van der Waals surface area contributed by atoms with Gasteiger partial charge in [0.25, 0.3) is 5.91 Å². The van der Waals surface area contributed by atoms with Crippen molar-refractivity contribution in [1.29, 1.82) is 0 Å². The molecule has 1 saturated heterocycles. The molecule has 1 N–H and O–H groups in total. The Bertz CT molecular complexity index is 639. The highest BCUT2D eigenvalue weighted by atomic mass is 16.5. The Morgan fingerprint density at radius 3 is 2.14 bits per heavy atom. The van der Waals surface area contributed by atoms with Crippen molar-refractivity contribution in [2.24, 2.45) is 0 Å². The van der Waals surface area contributed by atoms with E-state index in [9.17, 15) is 9.59 Å². The molecule has 1 aliphatic heterocycles. The third-order valence-corrected chi connectivity index (χ3v) is 3.31. The second-order valence-corrected chi connectivity index (χ2v) is 4.49. The molecule has 118 valence electrons. The van der Waals surface area contributed by atoms with Gasteiger partial charge in [-0.3, -0.25) is 9.69 Å². The van der Waals surface area contributed by atoms with Crippen molar-refractivity contribution < 1.29 is 23.8 Å². The molecule has 1 aromatic rings. The van der Waals surface area contributed by atoms with Crippen LogP contribution in [0.4, 0.5) is 4.79 Å². The third-order valence-electron chi connectivity index (χ3n) is 3.31. The van der Waals surface area contributed by atoms with Crippen LogP contribution >= 0.6 is 0 Å². The minimum atomic E-state index is -0.432. The summed E-state index contributed by atoms with van der Waals surface area (Å²) in [5.41, 5.74) is 0.791. The lowest BCUT2D eigenvalue weighted by molar-refractivity contribution is -0.122. The second-order valence-electron chi connectivity index (χ2n) is 4.49. The van der Waals surface area contributed by atoms with Gasteiger partial charge in [-0.1, -0.05) is 0 Å². The molecule has 3 amide bonds. The number of imide groups is 1. The van der Waals surface area contributed by atoms with Crippen LogP contribution in [-0.2, 0) is 4.79 Å². The van der Waals surface area contributed by atoms with Crippen molar-refractivity contribution in [2.75, 3.05) is 27.9 Å². The lowest BCUT2D eigenvalue weighted by atomic mass is 10.1. The molecule has 0 atom stereocenters. The van der Waals surface area contributed by atoms with Gasteiger partial charge in [0.2, 0.25) is 0 Å². The standard InChI is InChI=1S/C15H18N2O5/c1-5-17-14(18)10(16-15(17)19)6-9-7-12(21-3)13(22-4)8-11(9)20-2/h6-8H,5H2,1-4H3,(H,16,19). The summed E-state index contributed by atoms with van der Waals surface area (Å²) in [6.07, 6.45) is 1.55. The molecule has 1 aromatic carbocycles. The first kappa shape index (κ1) is 15.7. The number of methoxy groups -OCH3 is 3. The van der Waals surface area contributed by atoms with Gasteiger partial charge in [-0.2, -0.15) is 0 Å². The largest absolute Gasteiger partial charge is 0.496 e. The van der Waals surface area contributed by atoms with Gasteiger partial charge in [-0.05, 0) is 19.1 Å². The Morgan fingerprint density at radius 1 is 1.05 bits per heavy atom. The van der Waals surface area contributed by atoms with Gasteiger partial charge in [0.1, 0.15) is 11.4 Å². The van der Waals surface area contributed by atoms with Crippen molar-refractivity contribution >= 4 is 18.0 Å². The number of urea groups is 1. The first-order valence-corrected chi connectivity index (χ1v) is 6.70. The van der Waals surface area contributed by atoms with Gasteiger partial charge in [-0.25, -0.2) is 4.79 Å². The lowest BCUT2D eigenvalue weighted by Crippen LogP contribution is -2.30. The van der Waals surface area contributed by atoms with Crippen molar-refractivity contribution in [3.8, 4) is 17.2 Å².